The number of Topliss-reactive ketones (excluding diaryl/α,β-unsaturated/α-hetero) is 1. The van der Waals surface area contributed by atoms with Gasteiger partial charge in [0.05, 0.1) is 18.8 Å². The summed E-state index contributed by atoms with van der Waals surface area (Å²) < 4.78 is 5.37. The van der Waals surface area contributed by atoms with Gasteiger partial charge in [0, 0.05) is 13.0 Å². The summed E-state index contributed by atoms with van der Waals surface area (Å²) in [5.41, 5.74) is -0.0239. The normalized spacial score (nSPS) is 50.0. The topological polar surface area (TPSA) is 49.8 Å². The first-order valence-corrected chi connectivity index (χ1v) is 13.3. The number of nitrogens with zero attached hydrogens (tertiary/aromatic N) is 1. The molecule has 0 radical (unpaired) electrons. The fourth-order valence-electron chi connectivity index (χ4n) is 9.52. The number of carbonyl (C=O) groups excluding carboxylic acids is 1. The standard InChI is InChI=1S/C27H45NO3/c1-25-12-13-27(30,18-31-3)16-19(25)6-7-20-21-8-9-23(26(21,2)11-10-22(20)25)24(29)17-28-14-4-5-15-28/h19-23,30H,4-18H2,1-3H3/t19-,20-,21-,22-,23+,25-,26-,27+/m0/s1. The monoisotopic (exact) mass is 431 g/mol. The van der Waals surface area contributed by atoms with Crippen molar-refractivity contribution in [3.8, 4) is 0 Å². The average Bonchev–Trinajstić information content (AvgIpc) is 3.35. The highest BCUT2D eigenvalue weighted by molar-refractivity contribution is 5.84. The van der Waals surface area contributed by atoms with E-state index in [4.69, 9.17) is 4.74 Å². The first kappa shape index (κ1) is 22.3. The maximum Gasteiger partial charge on any atom is 0.150 e. The molecule has 1 aliphatic heterocycles. The number of hydrogen-bond donors (Lipinski definition) is 1. The van der Waals surface area contributed by atoms with Crippen LogP contribution in [0.25, 0.3) is 0 Å². The molecule has 0 bridgehead atoms. The second-order valence-electron chi connectivity index (χ2n) is 12.6. The van der Waals surface area contributed by atoms with Crippen LogP contribution in [-0.4, -0.2) is 54.7 Å². The Balaban J connectivity index is 1.31. The molecule has 5 fully saturated rings. The summed E-state index contributed by atoms with van der Waals surface area (Å²) in [6, 6.07) is 0. The fraction of sp³-hybridized carbons (Fsp3) is 0.963. The molecule has 0 spiro atoms. The zero-order chi connectivity index (χ0) is 21.9. The lowest BCUT2D eigenvalue weighted by Gasteiger charge is -2.62. The number of hydrogen-bond acceptors (Lipinski definition) is 4. The molecule has 1 saturated heterocycles. The van der Waals surface area contributed by atoms with Crippen LogP contribution in [0.5, 0.6) is 0 Å². The van der Waals surface area contributed by atoms with Crippen LogP contribution in [0.2, 0.25) is 0 Å². The Kier molecular flexibility index (Phi) is 5.84. The van der Waals surface area contributed by atoms with Crippen LogP contribution < -0.4 is 0 Å². The van der Waals surface area contributed by atoms with E-state index in [9.17, 15) is 9.90 Å². The Hall–Kier alpha value is -0.450. The molecule has 5 rings (SSSR count). The zero-order valence-corrected chi connectivity index (χ0v) is 20.2. The number of carbonyl (C=O) groups is 1. The molecule has 0 aromatic heterocycles. The smallest absolute Gasteiger partial charge is 0.150 e. The lowest BCUT2D eigenvalue weighted by Crippen LogP contribution is -2.57. The van der Waals surface area contributed by atoms with Gasteiger partial charge in [0.15, 0.2) is 0 Å². The van der Waals surface area contributed by atoms with Crippen LogP contribution in [-0.2, 0) is 9.53 Å². The van der Waals surface area contributed by atoms with Gasteiger partial charge in [-0.05, 0) is 118 Å². The van der Waals surface area contributed by atoms with Crippen molar-refractivity contribution in [1.29, 1.82) is 0 Å². The molecule has 4 aliphatic carbocycles. The molecule has 1 N–H and O–H groups in total. The number of fused-ring (bicyclic) bond motifs is 5. The molecule has 31 heavy (non-hydrogen) atoms. The van der Waals surface area contributed by atoms with E-state index in [-0.39, 0.29) is 5.41 Å². The molecule has 0 aromatic rings. The first-order chi connectivity index (χ1) is 14.8. The van der Waals surface area contributed by atoms with Crippen LogP contribution in [0, 0.1) is 40.4 Å². The quantitative estimate of drug-likeness (QED) is 0.686. The number of ketones is 1. The van der Waals surface area contributed by atoms with Gasteiger partial charge in [-0.15, -0.1) is 0 Å². The Bertz CT molecular complexity index is 690. The molecule has 0 unspecified atom stereocenters. The second-order valence-corrected chi connectivity index (χ2v) is 12.6. The average molecular weight is 432 g/mol. The van der Waals surface area contributed by atoms with Crippen molar-refractivity contribution < 1.29 is 14.6 Å². The molecule has 176 valence electrons. The Morgan fingerprint density at radius 2 is 1.71 bits per heavy atom. The molecule has 4 nitrogen and oxygen atoms in total. The third-order valence-electron chi connectivity index (χ3n) is 11.2. The van der Waals surface area contributed by atoms with Crippen LogP contribution in [0.4, 0.5) is 0 Å². The minimum atomic E-state index is -0.616. The van der Waals surface area contributed by atoms with E-state index in [2.05, 4.69) is 18.7 Å². The van der Waals surface area contributed by atoms with Crippen molar-refractivity contribution in [2.45, 2.75) is 90.1 Å². The summed E-state index contributed by atoms with van der Waals surface area (Å²) in [6.45, 7) is 8.47. The second kappa shape index (κ2) is 8.09. The van der Waals surface area contributed by atoms with Crippen molar-refractivity contribution in [2.75, 3.05) is 33.4 Å². The minimum Gasteiger partial charge on any atom is -0.387 e. The van der Waals surface area contributed by atoms with Gasteiger partial charge in [-0.25, -0.2) is 0 Å². The van der Waals surface area contributed by atoms with Crippen LogP contribution in [0.1, 0.15) is 84.5 Å². The Morgan fingerprint density at radius 3 is 2.45 bits per heavy atom. The van der Waals surface area contributed by atoms with Gasteiger partial charge < -0.3 is 9.84 Å². The van der Waals surface area contributed by atoms with Gasteiger partial charge in [0.25, 0.3) is 0 Å². The zero-order valence-electron chi connectivity index (χ0n) is 20.2. The van der Waals surface area contributed by atoms with Crippen molar-refractivity contribution in [3.63, 3.8) is 0 Å². The third kappa shape index (κ3) is 3.64. The number of aliphatic hydroxyl groups is 1. The van der Waals surface area contributed by atoms with Crippen molar-refractivity contribution in [2.24, 2.45) is 40.4 Å². The summed E-state index contributed by atoms with van der Waals surface area (Å²) in [5.74, 6) is 3.77. The fourth-order valence-corrected chi connectivity index (χ4v) is 9.52. The lowest BCUT2D eigenvalue weighted by atomic mass is 9.44. The predicted octanol–water partition coefficient (Wildman–Crippen LogP) is 4.69. The molecule has 8 atom stereocenters. The van der Waals surface area contributed by atoms with E-state index in [0.29, 0.717) is 36.2 Å². The Morgan fingerprint density at radius 1 is 0.968 bits per heavy atom. The molecule has 5 aliphatic rings. The molecule has 4 saturated carbocycles. The van der Waals surface area contributed by atoms with Gasteiger partial charge in [-0.3, -0.25) is 9.69 Å². The van der Waals surface area contributed by atoms with E-state index < -0.39 is 5.60 Å². The van der Waals surface area contributed by atoms with Gasteiger partial charge in [0.2, 0.25) is 0 Å². The highest BCUT2D eigenvalue weighted by Gasteiger charge is 2.62. The molecule has 4 heteroatoms. The number of likely N-dealkylation sites (tertiary alicyclic amines) is 1. The third-order valence-corrected chi connectivity index (χ3v) is 11.2. The lowest BCUT2D eigenvalue weighted by molar-refractivity contribution is -0.164. The number of ether oxygens (including phenoxy) is 1. The van der Waals surface area contributed by atoms with Crippen molar-refractivity contribution in [3.05, 3.63) is 0 Å². The van der Waals surface area contributed by atoms with Crippen LogP contribution >= 0.6 is 0 Å². The summed E-state index contributed by atoms with van der Waals surface area (Å²) in [6.07, 6.45) is 13.0. The van der Waals surface area contributed by atoms with Crippen molar-refractivity contribution >= 4 is 5.78 Å². The van der Waals surface area contributed by atoms with Crippen LogP contribution in [0.3, 0.4) is 0 Å². The highest BCUT2D eigenvalue weighted by Crippen LogP contribution is 2.68. The van der Waals surface area contributed by atoms with E-state index >= 15 is 0 Å². The summed E-state index contributed by atoms with van der Waals surface area (Å²) in [7, 11) is 1.71. The van der Waals surface area contributed by atoms with Crippen LogP contribution in [0.15, 0.2) is 0 Å². The molecular weight excluding hydrogens is 386 g/mol. The predicted molar refractivity (Wildman–Crippen MR) is 123 cm³/mol. The SMILES string of the molecule is COC[C@@]1(O)CC[C@@]2(C)[C@@H](CC[C@@H]3[C@@H]2CC[C@]2(C)[C@@H](C(=O)CN4CCCC4)CC[C@@H]32)C1. The summed E-state index contributed by atoms with van der Waals surface area (Å²) in [4.78, 5) is 15.8. The summed E-state index contributed by atoms with van der Waals surface area (Å²) >= 11 is 0. The number of methoxy groups -OCH3 is 1. The number of rotatable bonds is 5. The first-order valence-electron chi connectivity index (χ1n) is 13.3. The van der Waals surface area contributed by atoms with E-state index in [1.54, 1.807) is 7.11 Å². The van der Waals surface area contributed by atoms with Gasteiger partial charge in [-0.2, -0.15) is 0 Å². The van der Waals surface area contributed by atoms with Gasteiger partial charge >= 0.3 is 0 Å². The van der Waals surface area contributed by atoms with Crippen molar-refractivity contribution in [1.82, 2.24) is 4.90 Å². The van der Waals surface area contributed by atoms with Gasteiger partial charge in [0.1, 0.15) is 5.78 Å². The molecule has 0 amide bonds. The summed E-state index contributed by atoms with van der Waals surface area (Å²) in [5, 5.41) is 11.1. The van der Waals surface area contributed by atoms with E-state index in [1.165, 1.54) is 44.9 Å². The van der Waals surface area contributed by atoms with E-state index in [0.717, 1.165) is 56.5 Å². The van der Waals surface area contributed by atoms with E-state index in [1.807, 2.05) is 0 Å². The minimum absolute atomic E-state index is 0.229. The Labute approximate surface area is 189 Å². The van der Waals surface area contributed by atoms with Gasteiger partial charge in [-0.1, -0.05) is 13.8 Å². The largest absolute Gasteiger partial charge is 0.387 e. The molecule has 1 heterocycles. The molecule has 0 aromatic carbocycles. The molecular formula is C27H45NO3. The maximum absolute atomic E-state index is 13.4. The highest BCUT2D eigenvalue weighted by atomic mass is 16.5. The maximum atomic E-state index is 13.4.